The topological polar surface area (TPSA) is 46.0 Å². The van der Waals surface area contributed by atoms with E-state index in [0.717, 1.165) is 23.7 Å². The molecule has 0 aliphatic rings. The second-order valence-electron chi connectivity index (χ2n) is 3.28. The van der Waals surface area contributed by atoms with Crippen molar-refractivity contribution in [3.8, 4) is 0 Å². The number of benzene rings is 1. The molecular weight excluding hydrogens is 234 g/mol. The third-order valence-corrected chi connectivity index (χ3v) is 2.90. The molecule has 6 heteroatoms. The molecule has 0 saturated heterocycles. The van der Waals surface area contributed by atoms with Crippen LogP contribution in [-0.2, 0) is 6.42 Å². The minimum atomic E-state index is -0.861. The van der Waals surface area contributed by atoms with Crippen molar-refractivity contribution in [2.75, 3.05) is 0 Å². The number of halogens is 2. The average Bonchev–Trinajstić information content (AvgIpc) is 2.75. The smallest absolute Gasteiger partial charge is 0.129 e. The van der Waals surface area contributed by atoms with E-state index in [1.54, 1.807) is 0 Å². The van der Waals surface area contributed by atoms with E-state index in [2.05, 4.69) is 9.59 Å². The fourth-order valence-electron chi connectivity index (χ4n) is 1.32. The largest absolute Gasteiger partial charge is 0.387 e. The molecule has 2 aromatic rings. The summed E-state index contributed by atoms with van der Waals surface area (Å²) in [4.78, 5) is 0.559. The highest BCUT2D eigenvalue weighted by Gasteiger charge is 2.14. The molecule has 0 aliphatic heterocycles. The van der Waals surface area contributed by atoms with Crippen LogP contribution in [0.4, 0.5) is 8.78 Å². The normalized spacial score (nSPS) is 12.7. The predicted molar refractivity (Wildman–Crippen MR) is 54.9 cm³/mol. The minimum Gasteiger partial charge on any atom is -0.387 e. The van der Waals surface area contributed by atoms with Crippen LogP contribution in [-0.4, -0.2) is 14.7 Å². The van der Waals surface area contributed by atoms with Gasteiger partial charge in [0.1, 0.15) is 11.6 Å². The Labute approximate surface area is 94.5 Å². The van der Waals surface area contributed by atoms with E-state index in [0.29, 0.717) is 4.88 Å². The second kappa shape index (κ2) is 4.63. The molecule has 0 fully saturated rings. The van der Waals surface area contributed by atoms with Crippen LogP contribution >= 0.6 is 11.5 Å². The number of rotatable bonds is 3. The van der Waals surface area contributed by atoms with Gasteiger partial charge in [0.2, 0.25) is 0 Å². The Hall–Kier alpha value is -1.40. The lowest BCUT2D eigenvalue weighted by Crippen LogP contribution is -2.02. The third-order valence-electron chi connectivity index (χ3n) is 2.14. The SMILES string of the molecule is OC(Cc1ccc(F)cc1F)c1cnns1. The highest BCUT2D eigenvalue weighted by molar-refractivity contribution is 7.05. The van der Waals surface area contributed by atoms with Crippen molar-refractivity contribution in [3.05, 3.63) is 46.5 Å². The molecule has 1 N–H and O–H groups in total. The van der Waals surface area contributed by atoms with Gasteiger partial charge >= 0.3 is 0 Å². The van der Waals surface area contributed by atoms with Gasteiger partial charge in [-0.3, -0.25) is 0 Å². The van der Waals surface area contributed by atoms with Gasteiger partial charge in [0.25, 0.3) is 0 Å². The highest BCUT2D eigenvalue weighted by Crippen LogP contribution is 2.21. The molecule has 1 heterocycles. The van der Waals surface area contributed by atoms with Crippen LogP contribution in [0.2, 0.25) is 0 Å². The van der Waals surface area contributed by atoms with E-state index in [9.17, 15) is 13.9 Å². The summed E-state index contributed by atoms with van der Waals surface area (Å²) in [5.74, 6) is -1.29. The molecule has 3 nitrogen and oxygen atoms in total. The predicted octanol–water partition coefficient (Wildman–Crippen LogP) is 2.09. The molecule has 0 saturated carbocycles. The van der Waals surface area contributed by atoms with Crippen molar-refractivity contribution in [1.82, 2.24) is 9.59 Å². The first-order valence-corrected chi connectivity index (χ1v) is 5.33. The summed E-state index contributed by atoms with van der Waals surface area (Å²) < 4.78 is 29.5. The fourth-order valence-corrected chi connectivity index (χ4v) is 1.81. The summed E-state index contributed by atoms with van der Waals surface area (Å²) >= 11 is 1.05. The highest BCUT2D eigenvalue weighted by atomic mass is 32.1. The van der Waals surface area contributed by atoms with Gasteiger partial charge in [-0.2, -0.15) is 0 Å². The molecule has 84 valence electrons. The number of aliphatic hydroxyl groups excluding tert-OH is 1. The molecule has 0 spiro atoms. The summed E-state index contributed by atoms with van der Waals surface area (Å²) in [6, 6.07) is 3.28. The Balaban J connectivity index is 2.15. The van der Waals surface area contributed by atoms with E-state index in [1.807, 2.05) is 0 Å². The summed E-state index contributed by atoms with van der Waals surface area (Å²) in [6.07, 6.45) is 0.646. The molecule has 1 aromatic heterocycles. The lowest BCUT2D eigenvalue weighted by Gasteiger charge is -2.08. The van der Waals surface area contributed by atoms with Gasteiger partial charge in [-0.05, 0) is 23.2 Å². The Morgan fingerprint density at radius 2 is 2.19 bits per heavy atom. The summed E-state index contributed by atoms with van der Waals surface area (Å²) in [5.41, 5.74) is 0.266. The van der Waals surface area contributed by atoms with Gasteiger partial charge < -0.3 is 5.11 Å². The zero-order valence-corrected chi connectivity index (χ0v) is 8.92. The van der Waals surface area contributed by atoms with Crippen LogP contribution in [0.25, 0.3) is 0 Å². The Kier molecular flexibility index (Phi) is 3.21. The number of hydrogen-bond acceptors (Lipinski definition) is 4. The molecule has 2 rings (SSSR count). The first kappa shape index (κ1) is 11.1. The van der Waals surface area contributed by atoms with Gasteiger partial charge in [-0.25, -0.2) is 8.78 Å². The molecule has 0 bridgehead atoms. The van der Waals surface area contributed by atoms with Crippen molar-refractivity contribution in [2.45, 2.75) is 12.5 Å². The summed E-state index contributed by atoms with van der Waals surface area (Å²) in [5, 5.41) is 13.3. The van der Waals surface area contributed by atoms with E-state index >= 15 is 0 Å². The summed E-state index contributed by atoms with van der Waals surface area (Å²) in [7, 11) is 0. The number of hydrogen-bond donors (Lipinski definition) is 1. The fraction of sp³-hybridized carbons (Fsp3) is 0.200. The van der Waals surface area contributed by atoms with Gasteiger partial charge in [-0.15, -0.1) is 5.10 Å². The quantitative estimate of drug-likeness (QED) is 0.896. The molecular formula is C10H8F2N2OS. The first-order valence-electron chi connectivity index (χ1n) is 4.56. The third kappa shape index (κ3) is 2.40. The van der Waals surface area contributed by atoms with Crippen molar-refractivity contribution >= 4 is 11.5 Å². The maximum atomic E-state index is 13.3. The van der Waals surface area contributed by atoms with Crippen LogP contribution in [0.1, 0.15) is 16.5 Å². The number of nitrogens with zero attached hydrogens (tertiary/aromatic N) is 2. The number of aliphatic hydroxyl groups is 1. The van der Waals surface area contributed by atoms with Crippen LogP contribution < -0.4 is 0 Å². The zero-order chi connectivity index (χ0) is 11.5. The van der Waals surface area contributed by atoms with Crippen molar-refractivity contribution in [3.63, 3.8) is 0 Å². The maximum absolute atomic E-state index is 13.3. The first-order chi connectivity index (χ1) is 7.66. The monoisotopic (exact) mass is 242 g/mol. The second-order valence-corrected chi connectivity index (χ2v) is 4.09. The van der Waals surface area contributed by atoms with Gasteiger partial charge in [0.15, 0.2) is 0 Å². The molecule has 0 aliphatic carbocycles. The molecule has 1 atom stereocenters. The Bertz CT molecular complexity index is 476. The van der Waals surface area contributed by atoms with Crippen LogP contribution in [0.15, 0.2) is 24.4 Å². The number of aromatic nitrogens is 2. The molecule has 0 amide bonds. The van der Waals surface area contributed by atoms with E-state index in [4.69, 9.17) is 0 Å². The van der Waals surface area contributed by atoms with E-state index in [1.165, 1.54) is 12.3 Å². The molecule has 1 aromatic carbocycles. The van der Waals surface area contributed by atoms with Crippen LogP contribution in [0, 0.1) is 11.6 Å². The molecule has 0 radical (unpaired) electrons. The van der Waals surface area contributed by atoms with Gasteiger partial charge in [0.05, 0.1) is 17.2 Å². The van der Waals surface area contributed by atoms with E-state index < -0.39 is 17.7 Å². The van der Waals surface area contributed by atoms with E-state index in [-0.39, 0.29) is 12.0 Å². The van der Waals surface area contributed by atoms with Crippen molar-refractivity contribution in [1.29, 1.82) is 0 Å². The Morgan fingerprint density at radius 1 is 1.38 bits per heavy atom. The Morgan fingerprint density at radius 3 is 2.81 bits per heavy atom. The lowest BCUT2D eigenvalue weighted by molar-refractivity contribution is 0.180. The maximum Gasteiger partial charge on any atom is 0.129 e. The molecule has 16 heavy (non-hydrogen) atoms. The average molecular weight is 242 g/mol. The minimum absolute atomic E-state index is 0.0794. The molecule has 1 unspecified atom stereocenters. The van der Waals surface area contributed by atoms with Crippen molar-refractivity contribution < 1.29 is 13.9 Å². The summed E-state index contributed by atoms with van der Waals surface area (Å²) in [6.45, 7) is 0. The van der Waals surface area contributed by atoms with Gasteiger partial charge in [0, 0.05) is 12.5 Å². The zero-order valence-electron chi connectivity index (χ0n) is 8.10. The van der Waals surface area contributed by atoms with Gasteiger partial charge in [-0.1, -0.05) is 10.6 Å². The van der Waals surface area contributed by atoms with Crippen molar-refractivity contribution in [2.24, 2.45) is 0 Å². The standard InChI is InChI=1S/C10H8F2N2OS/c11-7-2-1-6(8(12)4-7)3-9(15)10-5-13-14-16-10/h1-2,4-5,9,15H,3H2. The van der Waals surface area contributed by atoms with Crippen LogP contribution in [0.5, 0.6) is 0 Å². The van der Waals surface area contributed by atoms with Crippen LogP contribution in [0.3, 0.4) is 0 Å². The lowest BCUT2D eigenvalue weighted by atomic mass is 10.1.